The van der Waals surface area contributed by atoms with E-state index in [1.54, 1.807) is 12.2 Å². The third-order valence-electron chi connectivity index (χ3n) is 7.62. The number of aliphatic hydroxyl groups is 1. The Kier molecular flexibility index (Phi) is 5.70. The Balaban J connectivity index is 0.00000210. The SMILES string of the molecule is C[C@]12C=CC(=O)C=C1C=C[C@@H]1[C@@H]2C=C[C@@]2(C)[C@H]1CC[C@]2(O)CCC(=O)[O-].[K+]. The van der Waals surface area contributed by atoms with Gasteiger partial charge in [-0.1, -0.05) is 44.2 Å². The van der Waals surface area contributed by atoms with Crippen LogP contribution in [0.4, 0.5) is 0 Å². The van der Waals surface area contributed by atoms with Crippen molar-refractivity contribution in [1.29, 1.82) is 0 Å². The van der Waals surface area contributed by atoms with E-state index in [0.717, 1.165) is 12.0 Å². The topological polar surface area (TPSA) is 77.4 Å². The molecule has 0 aliphatic heterocycles. The zero-order valence-electron chi connectivity index (χ0n) is 16.3. The number of rotatable bonds is 3. The van der Waals surface area contributed by atoms with Crippen LogP contribution in [0.2, 0.25) is 0 Å². The first-order valence-corrected chi connectivity index (χ1v) is 9.45. The maximum absolute atomic E-state index is 11.8. The molecule has 0 heterocycles. The minimum Gasteiger partial charge on any atom is -0.550 e. The van der Waals surface area contributed by atoms with Crippen LogP contribution in [0.5, 0.6) is 0 Å². The largest absolute Gasteiger partial charge is 1.00 e. The molecule has 4 nitrogen and oxygen atoms in total. The second-order valence-electron chi connectivity index (χ2n) is 8.77. The standard InChI is InChI=1S/C22H26O4.K/c1-20-9-5-15(23)13-14(20)3-4-16-17(20)6-10-21(2)18(16)7-11-22(21,26)12-8-19(24)25;/h3-6,9-10,13,16-18,26H,7-8,11-12H2,1-2H3,(H,24,25);/q;+1/p-1/t16-,17+,18+,20+,21+,22+;/m1./s1. The predicted molar refractivity (Wildman–Crippen MR) is 95.6 cm³/mol. The second-order valence-corrected chi connectivity index (χ2v) is 8.77. The van der Waals surface area contributed by atoms with Gasteiger partial charge in [-0.2, -0.15) is 0 Å². The monoisotopic (exact) mass is 392 g/mol. The van der Waals surface area contributed by atoms with Crippen LogP contribution in [0.15, 0.2) is 48.1 Å². The van der Waals surface area contributed by atoms with Gasteiger partial charge in [0.25, 0.3) is 0 Å². The molecule has 4 aliphatic carbocycles. The maximum Gasteiger partial charge on any atom is 1.00 e. The van der Waals surface area contributed by atoms with Crippen molar-refractivity contribution in [2.24, 2.45) is 28.6 Å². The fourth-order valence-electron chi connectivity index (χ4n) is 5.87. The molecule has 5 heteroatoms. The van der Waals surface area contributed by atoms with Gasteiger partial charge in [-0.05, 0) is 61.2 Å². The molecule has 1 saturated carbocycles. The summed E-state index contributed by atoms with van der Waals surface area (Å²) >= 11 is 0. The molecule has 0 saturated heterocycles. The van der Waals surface area contributed by atoms with Crippen LogP contribution in [0.3, 0.4) is 0 Å². The van der Waals surface area contributed by atoms with E-state index in [1.165, 1.54) is 0 Å². The van der Waals surface area contributed by atoms with Gasteiger partial charge in [0.1, 0.15) is 0 Å². The van der Waals surface area contributed by atoms with Gasteiger partial charge in [-0.15, -0.1) is 0 Å². The van der Waals surface area contributed by atoms with Crippen LogP contribution in [0, 0.1) is 28.6 Å². The first kappa shape index (κ1) is 21.4. The van der Waals surface area contributed by atoms with Crippen LogP contribution < -0.4 is 56.5 Å². The number of carbonyl (C=O) groups excluding carboxylic acids is 2. The molecule has 138 valence electrons. The Bertz CT molecular complexity index is 794. The molecule has 4 rings (SSSR count). The van der Waals surface area contributed by atoms with E-state index in [0.29, 0.717) is 6.42 Å². The first-order chi connectivity index (χ1) is 12.2. The van der Waals surface area contributed by atoms with Gasteiger partial charge in [-0.3, -0.25) is 4.79 Å². The van der Waals surface area contributed by atoms with E-state index in [1.807, 2.05) is 6.08 Å². The molecule has 4 aliphatic rings. The van der Waals surface area contributed by atoms with Crippen molar-refractivity contribution in [3.63, 3.8) is 0 Å². The summed E-state index contributed by atoms with van der Waals surface area (Å²) in [6.45, 7) is 4.24. The number of aliphatic carboxylic acids is 1. The molecule has 0 unspecified atom stereocenters. The van der Waals surface area contributed by atoms with E-state index in [-0.39, 0.29) is 93.2 Å². The van der Waals surface area contributed by atoms with E-state index in [4.69, 9.17) is 0 Å². The van der Waals surface area contributed by atoms with Crippen LogP contribution >= 0.6 is 0 Å². The average Bonchev–Trinajstić information content (AvgIpc) is 2.86. The summed E-state index contributed by atoms with van der Waals surface area (Å²) in [6.07, 6.45) is 15.6. The molecule has 0 aromatic heterocycles. The van der Waals surface area contributed by atoms with E-state index in [2.05, 4.69) is 38.2 Å². The van der Waals surface area contributed by atoms with Crippen LogP contribution in [0.25, 0.3) is 0 Å². The molecule has 0 aromatic rings. The fraction of sp³-hybridized carbons (Fsp3) is 0.545. The zero-order valence-corrected chi connectivity index (χ0v) is 19.4. The molecule has 0 aromatic carbocycles. The minimum absolute atomic E-state index is 0. The average molecular weight is 393 g/mol. The summed E-state index contributed by atoms with van der Waals surface area (Å²) in [5.41, 5.74) is -0.622. The molecule has 1 fully saturated rings. The van der Waals surface area contributed by atoms with Gasteiger partial charge in [-0.25, -0.2) is 0 Å². The third-order valence-corrected chi connectivity index (χ3v) is 7.62. The van der Waals surface area contributed by atoms with Gasteiger partial charge in [0.2, 0.25) is 0 Å². The molecule has 27 heavy (non-hydrogen) atoms. The predicted octanol–water partition coefficient (Wildman–Crippen LogP) is -0.888. The summed E-state index contributed by atoms with van der Waals surface area (Å²) in [4.78, 5) is 22.7. The number of hydrogen-bond donors (Lipinski definition) is 1. The number of allylic oxidation sites excluding steroid dienone is 7. The number of fused-ring (bicyclic) bond motifs is 5. The Morgan fingerprint density at radius 2 is 2.00 bits per heavy atom. The molecular weight excluding hydrogens is 367 g/mol. The summed E-state index contributed by atoms with van der Waals surface area (Å²) in [5, 5.41) is 22.2. The Labute approximate surface area is 202 Å². The van der Waals surface area contributed by atoms with E-state index >= 15 is 0 Å². The molecule has 0 spiro atoms. The number of carboxylic acid groups (broad SMARTS) is 1. The fourth-order valence-corrected chi connectivity index (χ4v) is 5.87. The normalized spacial score (nSPS) is 44.0. The molecule has 0 amide bonds. The molecular formula is C22H25KO4. The van der Waals surface area contributed by atoms with Crippen molar-refractivity contribution in [2.75, 3.05) is 0 Å². The number of hydrogen-bond acceptors (Lipinski definition) is 4. The Morgan fingerprint density at radius 1 is 1.26 bits per heavy atom. The molecule has 6 atom stereocenters. The third kappa shape index (κ3) is 3.15. The van der Waals surface area contributed by atoms with Gasteiger partial charge in [0.05, 0.1) is 5.60 Å². The zero-order chi connectivity index (χ0) is 18.7. The summed E-state index contributed by atoms with van der Waals surface area (Å²) in [6, 6.07) is 0. The molecule has 0 bridgehead atoms. The molecule has 1 N–H and O–H groups in total. The van der Waals surface area contributed by atoms with Crippen molar-refractivity contribution >= 4 is 11.8 Å². The van der Waals surface area contributed by atoms with Crippen molar-refractivity contribution < 1.29 is 71.2 Å². The Morgan fingerprint density at radius 3 is 2.70 bits per heavy atom. The number of ketones is 1. The van der Waals surface area contributed by atoms with Crippen molar-refractivity contribution in [1.82, 2.24) is 0 Å². The summed E-state index contributed by atoms with van der Waals surface area (Å²) < 4.78 is 0. The maximum atomic E-state index is 11.8. The van der Waals surface area contributed by atoms with Crippen molar-refractivity contribution in [2.45, 2.75) is 45.1 Å². The Hall–Kier alpha value is -0.304. The van der Waals surface area contributed by atoms with Gasteiger partial charge < -0.3 is 15.0 Å². The number of carboxylic acids is 1. The minimum atomic E-state index is -1.11. The van der Waals surface area contributed by atoms with Crippen LogP contribution in [-0.2, 0) is 9.59 Å². The van der Waals surface area contributed by atoms with E-state index in [9.17, 15) is 19.8 Å². The van der Waals surface area contributed by atoms with Crippen LogP contribution in [-0.4, -0.2) is 22.5 Å². The van der Waals surface area contributed by atoms with Gasteiger partial charge >= 0.3 is 51.4 Å². The van der Waals surface area contributed by atoms with Crippen molar-refractivity contribution in [3.8, 4) is 0 Å². The first-order valence-electron chi connectivity index (χ1n) is 9.45. The number of carbonyl (C=O) groups is 2. The van der Waals surface area contributed by atoms with Crippen molar-refractivity contribution in [3.05, 3.63) is 48.1 Å². The van der Waals surface area contributed by atoms with Gasteiger partial charge in [0.15, 0.2) is 5.78 Å². The quantitative estimate of drug-likeness (QED) is 0.499. The smallest absolute Gasteiger partial charge is 0.550 e. The van der Waals surface area contributed by atoms with E-state index < -0.39 is 17.0 Å². The summed E-state index contributed by atoms with van der Waals surface area (Å²) in [5.74, 6) is -0.320. The van der Waals surface area contributed by atoms with Crippen LogP contribution in [0.1, 0.15) is 39.5 Å². The second kappa shape index (κ2) is 7.19. The molecule has 0 radical (unpaired) electrons. The van der Waals surface area contributed by atoms with Gasteiger partial charge in [0, 0.05) is 16.8 Å². The summed E-state index contributed by atoms with van der Waals surface area (Å²) in [7, 11) is 0.